The van der Waals surface area contributed by atoms with Crippen LogP contribution in [-0.4, -0.2) is 60.1 Å². The Hall–Kier alpha value is -2.15. The summed E-state index contributed by atoms with van der Waals surface area (Å²) in [6.45, 7) is 5.40. The van der Waals surface area contributed by atoms with E-state index in [4.69, 9.17) is 9.47 Å². The van der Waals surface area contributed by atoms with Crippen LogP contribution in [0.1, 0.15) is 37.4 Å². The van der Waals surface area contributed by atoms with Crippen molar-refractivity contribution in [2.24, 2.45) is 0 Å². The molecule has 1 heterocycles. The summed E-state index contributed by atoms with van der Waals surface area (Å²) in [5.41, 5.74) is 2.43. The van der Waals surface area contributed by atoms with Crippen LogP contribution in [-0.2, 0) is 27.4 Å². The van der Waals surface area contributed by atoms with E-state index in [-0.39, 0.29) is 12.6 Å². The lowest BCUT2D eigenvalue weighted by Crippen LogP contribution is -2.36. The standard InChI is InChI=1S/C23H34N2O4/c1-3-9-23(27)29-19-22(26)18-24(13-8-15-28-2)17-21-12-7-14-25(21)16-20-10-5-4-6-11-20/h4-7,10-12,14,22,26H,3,8-9,13,15-19H2,1-2H3. The zero-order valence-corrected chi connectivity index (χ0v) is 17.6. The third kappa shape index (κ3) is 8.81. The smallest absolute Gasteiger partial charge is 0.305 e. The normalized spacial score (nSPS) is 12.3. The molecule has 0 aliphatic carbocycles. The molecule has 29 heavy (non-hydrogen) atoms. The Morgan fingerprint density at radius 2 is 2.00 bits per heavy atom. The lowest BCUT2D eigenvalue weighted by molar-refractivity contribution is -0.147. The minimum absolute atomic E-state index is 0.0324. The van der Waals surface area contributed by atoms with Gasteiger partial charge in [-0.25, -0.2) is 0 Å². The molecule has 1 atom stereocenters. The molecule has 6 nitrogen and oxygen atoms in total. The minimum Gasteiger partial charge on any atom is -0.463 e. The Balaban J connectivity index is 1.95. The Morgan fingerprint density at radius 3 is 2.72 bits per heavy atom. The maximum absolute atomic E-state index is 11.6. The Morgan fingerprint density at radius 1 is 1.21 bits per heavy atom. The minimum atomic E-state index is -0.712. The molecule has 0 bridgehead atoms. The van der Waals surface area contributed by atoms with Crippen LogP contribution in [0.25, 0.3) is 0 Å². The van der Waals surface area contributed by atoms with Crippen LogP contribution in [0.4, 0.5) is 0 Å². The van der Waals surface area contributed by atoms with Gasteiger partial charge < -0.3 is 19.1 Å². The SMILES string of the molecule is CCCC(=O)OCC(O)CN(CCCOC)Cc1cccn1Cc1ccccc1. The van der Waals surface area contributed by atoms with Crippen LogP contribution in [0.2, 0.25) is 0 Å². The van der Waals surface area contributed by atoms with Gasteiger partial charge in [-0.2, -0.15) is 0 Å². The van der Waals surface area contributed by atoms with Gasteiger partial charge >= 0.3 is 5.97 Å². The molecule has 0 fully saturated rings. The molecular formula is C23H34N2O4. The average Bonchev–Trinajstić information content (AvgIpc) is 3.14. The zero-order chi connectivity index (χ0) is 20.9. The monoisotopic (exact) mass is 402 g/mol. The number of nitrogens with zero attached hydrogens (tertiary/aromatic N) is 2. The van der Waals surface area contributed by atoms with Gasteiger partial charge in [-0.15, -0.1) is 0 Å². The van der Waals surface area contributed by atoms with E-state index in [2.05, 4.69) is 39.9 Å². The highest BCUT2D eigenvalue weighted by Gasteiger charge is 2.16. The van der Waals surface area contributed by atoms with Crippen molar-refractivity contribution in [1.29, 1.82) is 0 Å². The number of hydrogen-bond acceptors (Lipinski definition) is 5. The molecule has 2 rings (SSSR count). The lowest BCUT2D eigenvalue weighted by atomic mass is 10.2. The topological polar surface area (TPSA) is 63.9 Å². The van der Waals surface area contributed by atoms with E-state index in [1.807, 2.05) is 25.1 Å². The van der Waals surface area contributed by atoms with Crippen molar-refractivity contribution in [1.82, 2.24) is 9.47 Å². The molecule has 6 heteroatoms. The van der Waals surface area contributed by atoms with Crippen LogP contribution < -0.4 is 0 Å². The molecule has 0 aliphatic heterocycles. The van der Waals surface area contributed by atoms with E-state index >= 15 is 0 Å². The lowest BCUT2D eigenvalue weighted by Gasteiger charge is -2.25. The number of ether oxygens (including phenoxy) is 2. The molecule has 0 saturated carbocycles. The highest BCUT2D eigenvalue weighted by atomic mass is 16.5. The summed E-state index contributed by atoms with van der Waals surface area (Å²) in [4.78, 5) is 13.7. The van der Waals surface area contributed by atoms with Crippen molar-refractivity contribution in [3.63, 3.8) is 0 Å². The predicted molar refractivity (Wildman–Crippen MR) is 114 cm³/mol. The first kappa shape index (κ1) is 23.1. The van der Waals surface area contributed by atoms with Crippen LogP contribution in [0.5, 0.6) is 0 Å². The van der Waals surface area contributed by atoms with Crippen molar-refractivity contribution in [2.45, 2.75) is 45.4 Å². The molecule has 0 aliphatic rings. The maximum Gasteiger partial charge on any atom is 0.305 e. The van der Waals surface area contributed by atoms with Crippen LogP contribution >= 0.6 is 0 Å². The van der Waals surface area contributed by atoms with Gasteiger partial charge in [-0.1, -0.05) is 37.3 Å². The van der Waals surface area contributed by atoms with Crippen LogP contribution in [0, 0.1) is 0 Å². The number of hydrogen-bond donors (Lipinski definition) is 1. The number of esters is 1. The molecule has 0 spiro atoms. The molecule has 0 amide bonds. The molecule has 1 unspecified atom stereocenters. The first-order valence-corrected chi connectivity index (χ1v) is 10.3. The van der Waals surface area contributed by atoms with Crippen LogP contribution in [0.15, 0.2) is 48.7 Å². The summed E-state index contributed by atoms with van der Waals surface area (Å²) in [6.07, 6.45) is 3.38. The summed E-state index contributed by atoms with van der Waals surface area (Å²) in [7, 11) is 1.69. The van der Waals surface area contributed by atoms with Gasteiger partial charge in [0.1, 0.15) is 12.7 Å². The third-order valence-corrected chi connectivity index (χ3v) is 4.69. The summed E-state index contributed by atoms with van der Waals surface area (Å²) >= 11 is 0. The van der Waals surface area contributed by atoms with Crippen molar-refractivity contribution in [3.05, 3.63) is 59.9 Å². The average molecular weight is 403 g/mol. The van der Waals surface area contributed by atoms with Crippen molar-refractivity contribution < 1.29 is 19.4 Å². The number of benzene rings is 1. The van der Waals surface area contributed by atoms with Gasteiger partial charge in [0.05, 0.1) is 0 Å². The highest BCUT2D eigenvalue weighted by molar-refractivity contribution is 5.69. The molecule has 0 radical (unpaired) electrons. The van der Waals surface area contributed by atoms with Gasteiger partial charge in [0, 0.05) is 58.2 Å². The molecule has 2 aromatic rings. The number of aliphatic hydroxyl groups excluding tert-OH is 1. The Bertz CT molecular complexity index is 702. The fraction of sp³-hybridized carbons (Fsp3) is 0.522. The number of aromatic nitrogens is 1. The first-order chi connectivity index (χ1) is 14.1. The fourth-order valence-electron chi connectivity index (χ4n) is 3.24. The predicted octanol–water partition coefficient (Wildman–Crippen LogP) is 3.08. The molecule has 0 saturated heterocycles. The van der Waals surface area contributed by atoms with E-state index in [1.165, 1.54) is 11.3 Å². The second-order valence-electron chi connectivity index (χ2n) is 7.28. The summed E-state index contributed by atoms with van der Waals surface area (Å²) in [6, 6.07) is 14.5. The number of rotatable bonds is 14. The molecule has 1 aromatic carbocycles. The molecule has 1 N–H and O–H groups in total. The number of carbonyl (C=O) groups is 1. The highest BCUT2D eigenvalue weighted by Crippen LogP contribution is 2.12. The van der Waals surface area contributed by atoms with Gasteiger partial charge in [0.25, 0.3) is 0 Å². The molecular weight excluding hydrogens is 368 g/mol. The largest absolute Gasteiger partial charge is 0.463 e. The number of aliphatic hydroxyl groups is 1. The first-order valence-electron chi connectivity index (χ1n) is 10.3. The van der Waals surface area contributed by atoms with Gasteiger partial charge in [-0.3, -0.25) is 9.69 Å². The second kappa shape index (κ2) is 13.1. The van der Waals surface area contributed by atoms with E-state index in [0.29, 0.717) is 26.1 Å². The number of carbonyl (C=O) groups excluding carboxylic acids is 1. The Labute approximate surface area is 174 Å². The van der Waals surface area contributed by atoms with Crippen molar-refractivity contribution >= 4 is 5.97 Å². The summed E-state index contributed by atoms with van der Waals surface area (Å²) < 4.78 is 12.6. The maximum atomic E-state index is 11.6. The van der Waals surface area contributed by atoms with E-state index < -0.39 is 6.10 Å². The van der Waals surface area contributed by atoms with E-state index in [9.17, 15) is 9.90 Å². The van der Waals surface area contributed by atoms with E-state index in [0.717, 1.165) is 25.9 Å². The fourth-order valence-corrected chi connectivity index (χ4v) is 3.24. The Kier molecular flexibility index (Phi) is 10.5. The molecule has 160 valence electrons. The number of methoxy groups -OCH3 is 1. The van der Waals surface area contributed by atoms with Gasteiger partial charge in [0.2, 0.25) is 0 Å². The van der Waals surface area contributed by atoms with Crippen molar-refractivity contribution in [2.75, 3.05) is 33.4 Å². The zero-order valence-electron chi connectivity index (χ0n) is 17.6. The van der Waals surface area contributed by atoms with Gasteiger partial charge in [-0.05, 0) is 30.5 Å². The van der Waals surface area contributed by atoms with Gasteiger partial charge in [0.15, 0.2) is 0 Å². The van der Waals surface area contributed by atoms with E-state index in [1.54, 1.807) is 7.11 Å². The van der Waals surface area contributed by atoms with Crippen molar-refractivity contribution in [3.8, 4) is 0 Å². The quantitative estimate of drug-likeness (QED) is 0.389. The summed E-state index contributed by atoms with van der Waals surface area (Å²) in [5, 5.41) is 10.4. The third-order valence-electron chi connectivity index (χ3n) is 4.69. The summed E-state index contributed by atoms with van der Waals surface area (Å²) in [5.74, 6) is -0.255. The molecule has 1 aromatic heterocycles. The van der Waals surface area contributed by atoms with Crippen LogP contribution in [0.3, 0.4) is 0 Å². The second-order valence-corrected chi connectivity index (χ2v) is 7.28.